The van der Waals surface area contributed by atoms with E-state index in [1.807, 2.05) is 26.0 Å². The van der Waals surface area contributed by atoms with Gasteiger partial charge in [0.1, 0.15) is 35.9 Å². The van der Waals surface area contributed by atoms with Gasteiger partial charge in [0.05, 0.1) is 73.6 Å². The minimum absolute atomic E-state index is 0.0141. The molecule has 2 unspecified atom stereocenters. The molecule has 0 radical (unpaired) electrons. The van der Waals surface area contributed by atoms with E-state index in [-0.39, 0.29) is 55.6 Å². The number of nitrogens with one attached hydrogen (secondary N) is 1. The second-order valence-corrected chi connectivity index (χ2v) is 25.9. The van der Waals surface area contributed by atoms with Crippen LogP contribution in [0.15, 0.2) is 58.4 Å². The highest BCUT2D eigenvalue weighted by molar-refractivity contribution is 6.26. The van der Waals surface area contributed by atoms with Crippen LogP contribution in [0.5, 0.6) is 0 Å². The van der Waals surface area contributed by atoms with E-state index in [1.165, 1.54) is 21.1 Å². The Bertz CT molecular complexity index is 2580. The quantitative estimate of drug-likeness (QED) is 0.0412. The second-order valence-electron chi connectivity index (χ2n) is 25.9. The van der Waals surface area contributed by atoms with Crippen molar-refractivity contribution >= 4 is 24.1 Å². The third-order valence-corrected chi connectivity index (χ3v) is 20.2. The SMILES string of the molecule is COC(=O)N[C@@H]1[C@H](C)O[C@@H](OC2CC=C(C)[C@H]3C=C[C@H]4[C@H](O[C@@H]5C[C@@H](O[C@@H]6C[C@@H](O)[C@@H](O[C@@H]7C[C@@H](O)[C@@H](OC)[C@H](C)O7)[C@H](C)O6)[C@@H](O)[C@H](C)O5)[C@H](C)C[C@@H](C)[C@@H]4[C@@]3(C)C(O)=C3C(=O)OC4(C[C@H](C)C(C=O)=C[C@H]4C=C2C)C3=O)C[C@@]1(C)N(O)O. The number of alkyl carbamates (subject to hydrolysis) is 1. The number of carbonyl (C=O) groups is 4. The number of hydroxylamine groups is 2. The number of methoxy groups -OCH3 is 2. The molecule has 0 aromatic rings. The Balaban J connectivity index is 1.01. The van der Waals surface area contributed by atoms with Gasteiger partial charge in [-0.15, -0.1) is 0 Å². The van der Waals surface area contributed by atoms with E-state index in [1.54, 1.807) is 53.7 Å². The first-order chi connectivity index (χ1) is 39.6. The number of aldehydes is 1. The number of carbonyl (C=O) groups excluding carboxylic acids is 4. The van der Waals surface area contributed by atoms with Crippen molar-refractivity contribution in [1.82, 2.24) is 10.5 Å². The number of Topliss-reactive ketones (excluding diaryl/α,β-unsaturated/α-hetero) is 1. The normalized spacial score (nSPS) is 47.3. The molecule has 9 rings (SSSR count). The van der Waals surface area contributed by atoms with Crippen molar-refractivity contribution in [2.24, 2.45) is 46.8 Å². The van der Waals surface area contributed by atoms with E-state index in [4.69, 9.17) is 52.1 Å². The molecule has 23 nitrogen and oxygen atoms in total. The molecule has 470 valence electrons. The van der Waals surface area contributed by atoms with E-state index < -0.39 is 180 Å². The van der Waals surface area contributed by atoms with E-state index in [9.17, 15) is 45.2 Å². The molecular weight excluding hydrogens is 1100 g/mol. The molecule has 2 bridgehead atoms. The molecule has 5 heterocycles. The number of aliphatic hydroxyl groups is 4. The van der Waals surface area contributed by atoms with Gasteiger partial charge in [0.25, 0.3) is 0 Å². The number of ketones is 1. The molecule has 7 N–H and O–H groups in total. The lowest BCUT2D eigenvalue weighted by atomic mass is 9.49. The number of nitrogens with zero attached hydrogens (tertiary/aromatic N) is 1. The van der Waals surface area contributed by atoms with Crippen LogP contribution in [0, 0.1) is 46.8 Å². The van der Waals surface area contributed by atoms with Crippen molar-refractivity contribution in [2.45, 2.75) is 237 Å². The summed E-state index contributed by atoms with van der Waals surface area (Å²) >= 11 is 0. The van der Waals surface area contributed by atoms with Crippen molar-refractivity contribution in [2.75, 3.05) is 14.2 Å². The topological polar surface area (TPSA) is 306 Å². The van der Waals surface area contributed by atoms with Crippen molar-refractivity contribution in [3.05, 3.63) is 58.4 Å². The highest BCUT2D eigenvalue weighted by Gasteiger charge is 2.64. The van der Waals surface area contributed by atoms with Crippen LogP contribution in [0.1, 0.15) is 121 Å². The summed E-state index contributed by atoms with van der Waals surface area (Å²) in [7, 11) is 2.70. The first kappa shape index (κ1) is 64.5. The van der Waals surface area contributed by atoms with Gasteiger partial charge < -0.3 is 77.8 Å². The summed E-state index contributed by atoms with van der Waals surface area (Å²) in [6.45, 7) is 20.0. The van der Waals surface area contributed by atoms with Crippen LogP contribution in [-0.2, 0) is 66.5 Å². The number of fused-ring (bicyclic) bond motifs is 4. The van der Waals surface area contributed by atoms with Crippen LogP contribution in [0.25, 0.3) is 0 Å². The summed E-state index contributed by atoms with van der Waals surface area (Å²) in [6.07, 6.45) is -2.69. The first-order valence-corrected chi connectivity index (χ1v) is 29.9. The van der Waals surface area contributed by atoms with Crippen LogP contribution in [0.4, 0.5) is 4.79 Å². The van der Waals surface area contributed by atoms with Gasteiger partial charge in [-0.25, -0.2) is 9.59 Å². The molecule has 23 heteroatoms. The zero-order valence-corrected chi connectivity index (χ0v) is 50.5. The summed E-state index contributed by atoms with van der Waals surface area (Å²) in [5.41, 5.74) is -3.43. The third-order valence-electron chi connectivity index (χ3n) is 20.2. The van der Waals surface area contributed by atoms with Gasteiger partial charge in [0, 0.05) is 62.4 Å². The number of esters is 1. The number of aliphatic hydroxyl groups excluding tert-OH is 4. The molecule has 1 amide bonds. The molecule has 5 saturated heterocycles. The largest absolute Gasteiger partial charge is 0.511 e. The van der Waals surface area contributed by atoms with Crippen molar-refractivity contribution in [3.63, 3.8) is 0 Å². The Kier molecular flexibility index (Phi) is 19.4. The van der Waals surface area contributed by atoms with Crippen LogP contribution >= 0.6 is 0 Å². The monoisotopic (exact) mass is 1190 g/mol. The van der Waals surface area contributed by atoms with Crippen LogP contribution in [-0.4, -0.2) is 190 Å². The molecule has 9 aliphatic rings. The van der Waals surface area contributed by atoms with E-state index in [2.05, 4.69) is 25.2 Å². The zero-order valence-electron chi connectivity index (χ0n) is 50.5. The van der Waals surface area contributed by atoms with Gasteiger partial charge >= 0.3 is 12.1 Å². The Morgan fingerprint density at radius 2 is 1.36 bits per heavy atom. The van der Waals surface area contributed by atoms with Crippen molar-refractivity contribution in [1.29, 1.82) is 0 Å². The second kappa shape index (κ2) is 25.2. The summed E-state index contributed by atoms with van der Waals surface area (Å²) in [5.74, 6) is -5.30. The average Bonchev–Trinajstić information content (AvgIpc) is 2.80. The average molecular weight is 1190 g/mol. The zero-order chi connectivity index (χ0) is 61.2. The highest BCUT2D eigenvalue weighted by Crippen LogP contribution is 2.61. The molecule has 27 atom stereocenters. The number of amides is 1. The minimum atomic E-state index is -1.85. The van der Waals surface area contributed by atoms with Crippen molar-refractivity contribution < 1.29 is 102 Å². The number of hydrogen-bond acceptors (Lipinski definition) is 22. The molecular formula is C61H90N2O21. The minimum Gasteiger partial charge on any atom is -0.511 e. The lowest BCUT2D eigenvalue weighted by Crippen LogP contribution is -2.68. The fraction of sp³-hybridized carbons (Fsp3) is 0.770. The fourth-order valence-corrected chi connectivity index (χ4v) is 15.8. The number of rotatable bonds is 12. The van der Waals surface area contributed by atoms with E-state index >= 15 is 4.79 Å². The van der Waals surface area contributed by atoms with Gasteiger partial charge in [-0.3, -0.25) is 20.0 Å². The molecule has 1 saturated carbocycles. The molecule has 0 aromatic heterocycles. The predicted octanol–water partition coefficient (Wildman–Crippen LogP) is 5.58. The van der Waals surface area contributed by atoms with Gasteiger partial charge in [0.2, 0.25) is 5.78 Å². The van der Waals surface area contributed by atoms with Gasteiger partial charge in [0.15, 0.2) is 30.8 Å². The summed E-state index contributed by atoms with van der Waals surface area (Å²) in [5, 5.41) is 70.9. The van der Waals surface area contributed by atoms with Crippen LogP contribution < -0.4 is 5.32 Å². The number of hydrogen-bond donors (Lipinski definition) is 7. The van der Waals surface area contributed by atoms with E-state index in [0.29, 0.717) is 17.6 Å². The van der Waals surface area contributed by atoms with Crippen LogP contribution in [0.2, 0.25) is 0 Å². The smallest absolute Gasteiger partial charge is 0.407 e. The maximum atomic E-state index is 15.6. The number of allylic oxidation sites excluding steroid dienone is 4. The van der Waals surface area contributed by atoms with Crippen LogP contribution in [0.3, 0.4) is 0 Å². The van der Waals surface area contributed by atoms with E-state index in [0.717, 1.165) is 11.9 Å². The summed E-state index contributed by atoms with van der Waals surface area (Å²) in [4.78, 5) is 55.3. The molecule has 4 aliphatic carbocycles. The standard InChI is InChI=1S/C61H90N2O21/c1-27-14-17-42(80-47-25-59(10,63(72)73)54(35(9)79-47)62-58(71)75-13)28(2)19-37-20-36(26-64)31(5)24-61(37)56(69)48(57(70)84-61)55(68)60(11)39(27)16-15-38-49(60)29(3)18-30(4)51(38)82-46-23-43(50(67)32(6)76-46)81-44-22-41(66)53(34(8)78-44)83-45-21-40(65)52(74-12)33(7)77-45/h14-16,19-20,26,29-35,37-47,49-54,65-68,72-73H,17-18,21-25H2,1-13H3,(H,62,71)/t29-,30-,31+,32+,33+,34+,35+,37-,38-,39-,40-,41-,42?,43-,44-,45-,46-,47+,49+,50+,51-,52+,53+,54-,59-,60+,61?/m1/s1. The maximum Gasteiger partial charge on any atom is 0.407 e. The molecule has 0 aromatic carbocycles. The Morgan fingerprint density at radius 1 is 0.738 bits per heavy atom. The lowest BCUT2D eigenvalue weighted by Gasteiger charge is -2.56. The molecule has 5 aliphatic heterocycles. The predicted molar refractivity (Wildman–Crippen MR) is 295 cm³/mol. The molecule has 6 fully saturated rings. The van der Waals surface area contributed by atoms with Gasteiger partial charge in [-0.2, -0.15) is 0 Å². The van der Waals surface area contributed by atoms with Crippen molar-refractivity contribution in [3.8, 4) is 0 Å². The molecule has 84 heavy (non-hydrogen) atoms. The fourth-order valence-electron chi connectivity index (χ4n) is 15.8. The first-order valence-electron chi connectivity index (χ1n) is 29.9. The number of ether oxygens (including phenoxy) is 11. The summed E-state index contributed by atoms with van der Waals surface area (Å²) in [6, 6.07) is -0.966. The lowest BCUT2D eigenvalue weighted by molar-refractivity contribution is -0.390. The molecule has 1 spiro atoms. The Labute approximate surface area is 491 Å². The van der Waals surface area contributed by atoms with Gasteiger partial charge in [-0.1, -0.05) is 68.9 Å². The highest BCUT2D eigenvalue weighted by atomic mass is 16.8. The van der Waals surface area contributed by atoms with Gasteiger partial charge in [-0.05, 0) is 96.1 Å². The summed E-state index contributed by atoms with van der Waals surface area (Å²) < 4.78 is 68.0. The Hall–Kier alpha value is -4.02. The third kappa shape index (κ3) is 11.9. The Morgan fingerprint density at radius 3 is 1.99 bits per heavy atom. The maximum absolute atomic E-state index is 15.6.